The van der Waals surface area contributed by atoms with E-state index in [4.69, 9.17) is 14.5 Å². The number of methoxy groups -OCH3 is 2. The summed E-state index contributed by atoms with van der Waals surface area (Å²) >= 11 is 0. The predicted molar refractivity (Wildman–Crippen MR) is 128 cm³/mol. The molecular formula is C25H32N4O3. The molecule has 0 spiro atoms. The van der Waals surface area contributed by atoms with E-state index in [2.05, 4.69) is 41.2 Å². The second-order valence-corrected chi connectivity index (χ2v) is 8.70. The molecule has 0 radical (unpaired) electrons. The van der Waals surface area contributed by atoms with E-state index >= 15 is 0 Å². The second-order valence-electron chi connectivity index (χ2n) is 8.70. The lowest BCUT2D eigenvalue weighted by Gasteiger charge is -2.29. The Balaban J connectivity index is 1.61. The van der Waals surface area contributed by atoms with Gasteiger partial charge in [0.2, 0.25) is 5.95 Å². The zero-order valence-electron chi connectivity index (χ0n) is 19.6. The van der Waals surface area contributed by atoms with Crippen molar-refractivity contribution < 1.29 is 9.47 Å². The number of benzene rings is 2. The van der Waals surface area contributed by atoms with Crippen molar-refractivity contribution in [2.45, 2.75) is 32.2 Å². The largest absolute Gasteiger partial charge is 0.493 e. The first-order chi connectivity index (χ1) is 15.4. The third-order valence-electron chi connectivity index (χ3n) is 6.49. The molecule has 0 atom stereocenters. The van der Waals surface area contributed by atoms with Gasteiger partial charge in [-0.1, -0.05) is 24.3 Å². The highest BCUT2D eigenvalue weighted by Crippen LogP contribution is 2.35. The Morgan fingerprint density at radius 3 is 2.62 bits per heavy atom. The number of likely N-dealkylation sites (tertiary alicyclic amines) is 1. The molecule has 2 aromatic carbocycles. The van der Waals surface area contributed by atoms with Gasteiger partial charge in [0, 0.05) is 25.2 Å². The van der Waals surface area contributed by atoms with Crippen LogP contribution in [-0.4, -0.2) is 56.3 Å². The zero-order chi connectivity index (χ0) is 22.8. The number of aryl methyl sites for hydroxylation is 1. The fraction of sp³-hybridized carbons (Fsp3) is 0.440. The van der Waals surface area contributed by atoms with Crippen molar-refractivity contribution in [1.29, 1.82) is 0 Å². The molecule has 1 saturated heterocycles. The maximum Gasteiger partial charge on any atom is 0.260 e. The number of nitrogens with one attached hydrogen (secondary N) is 1. The van der Waals surface area contributed by atoms with Crippen molar-refractivity contribution in [3.8, 4) is 11.5 Å². The summed E-state index contributed by atoms with van der Waals surface area (Å²) in [5.41, 5.74) is 3.73. The minimum absolute atomic E-state index is 0.185. The number of H-pyrrole nitrogens is 1. The molecule has 1 aliphatic heterocycles. The van der Waals surface area contributed by atoms with Crippen molar-refractivity contribution in [2.75, 3.05) is 46.3 Å². The third-order valence-corrected chi connectivity index (χ3v) is 6.49. The molecule has 170 valence electrons. The molecule has 0 saturated carbocycles. The number of aromatic nitrogens is 2. The summed E-state index contributed by atoms with van der Waals surface area (Å²) in [5, 5.41) is 0.518. The van der Waals surface area contributed by atoms with Crippen LogP contribution in [0.25, 0.3) is 10.9 Å². The van der Waals surface area contributed by atoms with Crippen LogP contribution in [-0.2, 0) is 6.54 Å². The highest BCUT2D eigenvalue weighted by molar-refractivity contribution is 5.86. The summed E-state index contributed by atoms with van der Waals surface area (Å²) in [7, 11) is 7.28. The summed E-state index contributed by atoms with van der Waals surface area (Å²) in [6.45, 7) is 4.79. The molecule has 1 N–H and O–H groups in total. The van der Waals surface area contributed by atoms with Gasteiger partial charge in [-0.2, -0.15) is 0 Å². The number of hydrogen-bond donors (Lipinski definition) is 1. The Hall–Kier alpha value is -3.06. The Kier molecular flexibility index (Phi) is 6.37. The predicted octanol–water partition coefficient (Wildman–Crippen LogP) is 3.69. The molecule has 1 aliphatic rings. The van der Waals surface area contributed by atoms with E-state index in [1.807, 2.05) is 18.9 Å². The average Bonchev–Trinajstić information content (AvgIpc) is 2.79. The minimum Gasteiger partial charge on any atom is -0.493 e. The minimum atomic E-state index is -0.185. The summed E-state index contributed by atoms with van der Waals surface area (Å²) in [5.74, 6) is 2.26. The van der Waals surface area contributed by atoms with Crippen LogP contribution in [0, 0.1) is 6.92 Å². The second kappa shape index (κ2) is 9.20. The van der Waals surface area contributed by atoms with Gasteiger partial charge >= 0.3 is 0 Å². The van der Waals surface area contributed by atoms with Crippen molar-refractivity contribution in [3.05, 3.63) is 57.4 Å². The van der Waals surface area contributed by atoms with Crippen molar-refractivity contribution in [2.24, 2.45) is 0 Å². The molecule has 2 heterocycles. The van der Waals surface area contributed by atoms with Gasteiger partial charge in [0.1, 0.15) is 0 Å². The van der Waals surface area contributed by atoms with E-state index in [0.29, 0.717) is 40.8 Å². The van der Waals surface area contributed by atoms with E-state index in [9.17, 15) is 4.79 Å². The number of rotatable bonds is 6. The van der Waals surface area contributed by atoms with Gasteiger partial charge in [0.25, 0.3) is 5.56 Å². The van der Waals surface area contributed by atoms with Gasteiger partial charge in [-0.3, -0.25) is 9.78 Å². The van der Waals surface area contributed by atoms with Gasteiger partial charge in [0.15, 0.2) is 11.5 Å². The van der Waals surface area contributed by atoms with E-state index in [-0.39, 0.29) is 5.56 Å². The molecule has 7 heteroatoms. The molecule has 0 bridgehead atoms. The van der Waals surface area contributed by atoms with Crippen LogP contribution in [0.3, 0.4) is 0 Å². The van der Waals surface area contributed by atoms with Gasteiger partial charge in [0.05, 0.1) is 25.1 Å². The van der Waals surface area contributed by atoms with E-state index in [1.165, 1.54) is 24.0 Å². The van der Waals surface area contributed by atoms with Crippen LogP contribution in [0.5, 0.6) is 11.5 Å². The zero-order valence-corrected chi connectivity index (χ0v) is 19.6. The molecule has 0 unspecified atom stereocenters. The highest BCUT2D eigenvalue weighted by Gasteiger charge is 2.20. The van der Waals surface area contributed by atoms with Gasteiger partial charge < -0.3 is 19.3 Å². The van der Waals surface area contributed by atoms with Crippen LogP contribution in [0.2, 0.25) is 0 Å². The smallest absolute Gasteiger partial charge is 0.260 e. The van der Waals surface area contributed by atoms with Gasteiger partial charge in [-0.05, 0) is 56.9 Å². The number of hydrogen-bond acceptors (Lipinski definition) is 6. The monoisotopic (exact) mass is 436 g/mol. The molecular weight excluding hydrogens is 404 g/mol. The summed E-state index contributed by atoms with van der Waals surface area (Å²) in [4.78, 5) is 24.9. The number of anilines is 1. The number of aromatic amines is 1. The van der Waals surface area contributed by atoms with E-state index in [0.717, 1.165) is 18.7 Å². The first kappa shape index (κ1) is 22.1. The lowest BCUT2D eigenvalue weighted by molar-refractivity contribution is 0.255. The van der Waals surface area contributed by atoms with E-state index in [1.54, 1.807) is 20.3 Å². The molecule has 32 heavy (non-hydrogen) atoms. The molecule has 4 rings (SSSR count). The Morgan fingerprint density at radius 1 is 1.19 bits per heavy atom. The number of ether oxygens (including phenoxy) is 2. The SMILES string of the molecule is COc1cc2nc(N(C)Cc3cccc(C4CCN(C)CC4)c3)[nH]c(=O)c2c(C)c1OC. The standard InChI is InChI=1S/C25H32N4O3/c1-16-22-20(14-21(31-4)23(16)32-5)26-25(27-24(22)30)29(3)15-17-7-6-8-19(13-17)18-9-11-28(2)12-10-18/h6-8,13-14,18H,9-12,15H2,1-5H3,(H,26,27,30). The summed E-state index contributed by atoms with van der Waals surface area (Å²) < 4.78 is 10.9. The number of fused-ring (bicyclic) bond motifs is 1. The lowest BCUT2D eigenvalue weighted by atomic mass is 9.89. The molecule has 0 aliphatic carbocycles. The third kappa shape index (κ3) is 4.30. The van der Waals surface area contributed by atoms with Crippen LogP contribution >= 0.6 is 0 Å². The van der Waals surface area contributed by atoms with Crippen molar-refractivity contribution >= 4 is 16.9 Å². The van der Waals surface area contributed by atoms with Gasteiger partial charge in [-0.15, -0.1) is 0 Å². The Morgan fingerprint density at radius 2 is 1.94 bits per heavy atom. The molecule has 7 nitrogen and oxygen atoms in total. The molecule has 1 fully saturated rings. The van der Waals surface area contributed by atoms with Crippen LogP contribution in [0.15, 0.2) is 35.1 Å². The molecule has 1 aromatic heterocycles. The maximum atomic E-state index is 12.9. The van der Waals surface area contributed by atoms with Crippen LogP contribution in [0.1, 0.15) is 35.4 Å². The first-order valence-corrected chi connectivity index (χ1v) is 11.1. The van der Waals surface area contributed by atoms with E-state index < -0.39 is 0 Å². The first-order valence-electron chi connectivity index (χ1n) is 11.1. The summed E-state index contributed by atoms with van der Waals surface area (Å²) in [6.07, 6.45) is 2.39. The molecule has 0 amide bonds. The average molecular weight is 437 g/mol. The van der Waals surface area contributed by atoms with Crippen LogP contribution < -0.4 is 19.9 Å². The Labute approximate surface area is 189 Å². The number of nitrogens with zero attached hydrogens (tertiary/aromatic N) is 3. The number of piperidine rings is 1. The Bertz CT molecular complexity index is 1170. The van der Waals surface area contributed by atoms with Gasteiger partial charge in [-0.25, -0.2) is 4.98 Å². The van der Waals surface area contributed by atoms with Crippen LogP contribution in [0.4, 0.5) is 5.95 Å². The maximum absolute atomic E-state index is 12.9. The fourth-order valence-electron chi connectivity index (χ4n) is 4.66. The summed E-state index contributed by atoms with van der Waals surface area (Å²) in [6, 6.07) is 10.6. The van der Waals surface area contributed by atoms with Crippen molar-refractivity contribution in [1.82, 2.24) is 14.9 Å². The highest BCUT2D eigenvalue weighted by atomic mass is 16.5. The topological polar surface area (TPSA) is 70.7 Å². The molecule has 3 aromatic rings. The fourth-order valence-corrected chi connectivity index (χ4v) is 4.66. The lowest BCUT2D eigenvalue weighted by Crippen LogP contribution is -2.29. The quantitative estimate of drug-likeness (QED) is 0.636. The van der Waals surface area contributed by atoms with Crippen molar-refractivity contribution in [3.63, 3.8) is 0 Å². The normalized spacial score (nSPS) is 15.2.